The lowest BCUT2D eigenvalue weighted by Gasteiger charge is -2.24. The number of carbonyl (C=O) groups excluding carboxylic acids is 1. The highest BCUT2D eigenvalue weighted by Crippen LogP contribution is 2.14. The fourth-order valence-electron chi connectivity index (χ4n) is 2.85. The van der Waals surface area contributed by atoms with Crippen molar-refractivity contribution in [3.05, 3.63) is 46.3 Å². The van der Waals surface area contributed by atoms with Crippen LogP contribution < -0.4 is 5.63 Å². The molecule has 26 heavy (non-hydrogen) atoms. The molecule has 6 nitrogen and oxygen atoms in total. The summed E-state index contributed by atoms with van der Waals surface area (Å²) in [5.41, 5.74) is 0.0399. The van der Waals surface area contributed by atoms with Crippen molar-refractivity contribution in [3.8, 4) is 0 Å². The monoisotopic (exact) mass is 359 g/mol. The number of hydrogen-bond donors (Lipinski definition) is 0. The molecule has 0 unspecified atom stereocenters. The minimum absolute atomic E-state index is 0.110. The SMILES string of the molecule is CN(C)CCCN(CCCN(C)C)C(=O)c1cc2ccccc2oc1=O. The van der Waals surface area contributed by atoms with E-state index in [-0.39, 0.29) is 11.5 Å². The van der Waals surface area contributed by atoms with Gasteiger partial charge in [-0.25, -0.2) is 4.79 Å². The third-order valence-corrected chi connectivity index (χ3v) is 4.23. The topological polar surface area (TPSA) is 57.0 Å². The summed E-state index contributed by atoms with van der Waals surface area (Å²) < 4.78 is 5.33. The molecule has 2 rings (SSSR count). The lowest BCUT2D eigenvalue weighted by molar-refractivity contribution is 0.0740. The molecule has 0 fully saturated rings. The zero-order valence-electron chi connectivity index (χ0n) is 16.2. The van der Waals surface area contributed by atoms with Crippen molar-refractivity contribution >= 4 is 16.9 Å². The van der Waals surface area contributed by atoms with Gasteiger partial charge in [-0.05, 0) is 66.3 Å². The highest BCUT2D eigenvalue weighted by molar-refractivity contribution is 5.96. The fraction of sp³-hybridized carbons (Fsp3) is 0.500. The van der Waals surface area contributed by atoms with E-state index in [0.29, 0.717) is 18.7 Å². The van der Waals surface area contributed by atoms with Crippen molar-refractivity contribution in [3.63, 3.8) is 0 Å². The highest BCUT2D eigenvalue weighted by atomic mass is 16.4. The lowest BCUT2D eigenvalue weighted by Crippen LogP contribution is -2.37. The van der Waals surface area contributed by atoms with Crippen LogP contribution in [0.3, 0.4) is 0 Å². The zero-order chi connectivity index (χ0) is 19.1. The van der Waals surface area contributed by atoms with Gasteiger partial charge in [0.2, 0.25) is 0 Å². The second-order valence-electron chi connectivity index (χ2n) is 7.09. The Bertz CT molecular complexity index is 769. The van der Waals surface area contributed by atoms with Crippen molar-refractivity contribution in [1.82, 2.24) is 14.7 Å². The number of benzene rings is 1. The van der Waals surface area contributed by atoms with Crippen LogP contribution >= 0.6 is 0 Å². The molecule has 0 saturated carbocycles. The van der Waals surface area contributed by atoms with Gasteiger partial charge in [-0.3, -0.25) is 4.79 Å². The van der Waals surface area contributed by atoms with Gasteiger partial charge in [-0.2, -0.15) is 0 Å². The van der Waals surface area contributed by atoms with Crippen LogP contribution in [0.5, 0.6) is 0 Å². The Morgan fingerprint density at radius 3 is 2.08 bits per heavy atom. The molecule has 1 aromatic carbocycles. The van der Waals surface area contributed by atoms with Crippen molar-refractivity contribution < 1.29 is 9.21 Å². The highest BCUT2D eigenvalue weighted by Gasteiger charge is 2.20. The summed E-state index contributed by atoms with van der Waals surface area (Å²) in [6.45, 7) is 3.03. The fourth-order valence-corrected chi connectivity index (χ4v) is 2.85. The standard InChI is InChI=1S/C20H29N3O3/c1-21(2)11-7-13-23(14-8-12-22(3)4)19(24)17-15-16-9-5-6-10-18(16)26-20(17)25/h5-6,9-10,15H,7-8,11-14H2,1-4H3. The molecule has 6 heteroatoms. The molecule has 1 heterocycles. The Hall–Kier alpha value is -2.18. The molecule has 0 aliphatic heterocycles. The third kappa shape index (κ3) is 5.68. The van der Waals surface area contributed by atoms with E-state index in [1.165, 1.54) is 0 Å². The van der Waals surface area contributed by atoms with E-state index >= 15 is 0 Å². The number of rotatable bonds is 9. The average Bonchev–Trinajstić information content (AvgIpc) is 2.58. The molecule has 0 aliphatic rings. The summed E-state index contributed by atoms with van der Waals surface area (Å²) in [6.07, 6.45) is 1.72. The molecule has 0 spiro atoms. The molecule has 142 valence electrons. The van der Waals surface area contributed by atoms with E-state index in [2.05, 4.69) is 9.80 Å². The zero-order valence-corrected chi connectivity index (χ0v) is 16.2. The number of carbonyl (C=O) groups is 1. The maximum atomic E-state index is 13.0. The van der Waals surface area contributed by atoms with Gasteiger partial charge in [0.05, 0.1) is 0 Å². The molecule has 1 amide bonds. The number of nitrogens with zero attached hydrogens (tertiary/aromatic N) is 3. The minimum atomic E-state index is -0.570. The first kappa shape index (κ1) is 20.1. The minimum Gasteiger partial charge on any atom is -0.422 e. The summed E-state index contributed by atoms with van der Waals surface area (Å²) in [5, 5.41) is 0.761. The van der Waals surface area contributed by atoms with Crippen LogP contribution in [-0.4, -0.2) is 75.0 Å². The molecule has 0 radical (unpaired) electrons. The summed E-state index contributed by atoms with van der Waals surface area (Å²) in [7, 11) is 8.04. The number of amides is 1. The van der Waals surface area contributed by atoms with Crippen LogP contribution in [0.1, 0.15) is 23.2 Å². The Balaban J connectivity index is 2.20. The molecule has 0 N–H and O–H groups in total. The summed E-state index contributed by atoms with van der Waals surface area (Å²) in [5.74, 6) is -0.248. The van der Waals surface area contributed by atoms with Gasteiger partial charge in [0, 0.05) is 18.5 Å². The Labute approximate surface area is 155 Å². The third-order valence-electron chi connectivity index (χ3n) is 4.23. The number of fused-ring (bicyclic) bond motifs is 1. The second-order valence-corrected chi connectivity index (χ2v) is 7.09. The normalized spacial score (nSPS) is 11.5. The molecule has 2 aromatic rings. The molecule has 0 aliphatic carbocycles. The van der Waals surface area contributed by atoms with Crippen molar-refractivity contribution in [2.45, 2.75) is 12.8 Å². The number of hydrogen-bond acceptors (Lipinski definition) is 5. The predicted molar refractivity (Wildman–Crippen MR) is 105 cm³/mol. The van der Waals surface area contributed by atoms with Crippen LogP contribution in [0, 0.1) is 0 Å². The first-order valence-corrected chi connectivity index (χ1v) is 9.00. The lowest BCUT2D eigenvalue weighted by atomic mass is 10.1. The molecular weight excluding hydrogens is 330 g/mol. The van der Waals surface area contributed by atoms with Gasteiger partial charge in [0.25, 0.3) is 5.91 Å². The smallest absolute Gasteiger partial charge is 0.349 e. The van der Waals surface area contributed by atoms with Gasteiger partial charge in [-0.1, -0.05) is 18.2 Å². The van der Waals surface area contributed by atoms with Crippen LogP contribution in [0.2, 0.25) is 0 Å². The first-order valence-electron chi connectivity index (χ1n) is 9.00. The van der Waals surface area contributed by atoms with Gasteiger partial charge >= 0.3 is 5.63 Å². The van der Waals surface area contributed by atoms with Crippen molar-refractivity contribution in [2.24, 2.45) is 0 Å². The van der Waals surface area contributed by atoms with E-state index in [1.54, 1.807) is 17.0 Å². The largest absolute Gasteiger partial charge is 0.422 e. The van der Waals surface area contributed by atoms with Gasteiger partial charge in [-0.15, -0.1) is 0 Å². The molecule has 0 saturated heterocycles. The predicted octanol–water partition coefficient (Wildman–Crippen LogP) is 2.14. The van der Waals surface area contributed by atoms with Gasteiger partial charge in [0.15, 0.2) is 0 Å². The maximum Gasteiger partial charge on any atom is 0.349 e. The quantitative estimate of drug-likeness (QED) is 0.642. The van der Waals surface area contributed by atoms with Gasteiger partial charge < -0.3 is 19.1 Å². The Morgan fingerprint density at radius 2 is 1.50 bits per heavy atom. The Morgan fingerprint density at radius 1 is 0.923 bits per heavy atom. The first-order chi connectivity index (χ1) is 12.4. The van der Waals surface area contributed by atoms with E-state index in [1.807, 2.05) is 46.4 Å². The van der Waals surface area contributed by atoms with Crippen LogP contribution in [0.25, 0.3) is 11.0 Å². The molecular formula is C20H29N3O3. The van der Waals surface area contributed by atoms with Crippen molar-refractivity contribution in [2.75, 3.05) is 54.4 Å². The summed E-state index contributed by atoms with van der Waals surface area (Å²) in [6, 6.07) is 8.90. The molecule has 0 bridgehead atoms. The summed E-state index contributed by atoms with van der Waals surface area (Å²) in [4.78, 5) is 31.3. The van der Waals surface area contributed by atoms with Gasteiger partial charge in [0.1, 0.15) is 11.1 Å². The Kier molecular flexibility index (Phi) is 7.36. The van der Waals surface area contributed by atoms with E-state index in [4.69, 9.17) is 4.42 Å². The average molecular weight is 359 g/mol. The van der Waals surface area contributed by atoms with Crippen LogP contribution in [0.15, 0.2) is 39.5 Å². The number of para-hydroxylation sites is 1. The van der Waals surface area contributed by atoms with E-state index in [9.17, 15) is 9.59 Å². The molecule has 0 atom stereocenters. The molecule has 1 aromatic heterocycles. The van der Waals surface area contributed by atoms with Crippen LogP contribution in [-0.2, 0) is 0 Å². The second kappa shape index (κ2) is 9.50. The van der Waals surface area contributed by atoms with E-state index in [0.717, 1.165) is 31.3 Å². The van der Waals surface area contributed by atoms with Crippen LogP contribution in [0.4, 0.5) is 0 Å². The van der Waals surface area contributed by atoms with Crippen molar-refractivity contribution in [1.29, 1.82) is 0 Å². The van der Waals surface area contributed by atoms with E-state index < -0.39 is 5.63 Å². The summed E-state index contributed by atoms with van der Waals surface area (Å²) >= 11 is 0. The maximum absolute atomic E-state index is 13.0.